The van der Waals surface area contributed by atoms with Gasteiger partial charge in [0.15, 0.2) is 11.2 Å². The van der Waals surface area contributed by atoms with Gasteiger partial charge in [-0.15, -0.1) is 0 Å². The Hall–Kier alpha value is -2.38. The average molecular weight is 280 g/mol. The molecule has 0 aliphatic rings. The monoisotopic (exact) mass is 280 g/mol. The van der Waals surface area contributed by atoms with Crippen LogP contribution in [-0.2, 0) is 17.8 Å². The van der Waals surface area contributed by atoms with E-state index in [0.717, 1.165) is 9.13 Å². The first kappa shape index (κ1) is 14.0. The van der Waals surface area contributed by atoms with Crippen molar-refractivity contribution in [3.63, 3.8) is 0 Å². The van der Waals surface area contributed by atoms with E-state index in [9.17, 15) is 14.4 Å². The first-order chi connectivity index (χ1) is 9.56. The number of carbonyl (C=O) groups is 1. The number of nitrogens with zero attached hydrogens (tertiary/aromatic N) is 4. The van der Waals surface area contributed by atoms with Crippen LogP contribution in [-0.4, -0.2) is 31.4 Å². The maximum absolute atomic E-state index is 12.3. The Morgan fingerprint density at radius 1 is 1.20 bits per heavy atom. The van der Waals surface area contributed by atoms with Gasteiger partial charge in [0, 0.05) is 13.1 Å². The van der Waals surface area contributed by atoms with E-state index in [-0.39, 0.29) is 24.3 Å². The van der Waals surface area contributed by atoms with Gasteiger partial charge in [-0.2, -0.15) is 0 Å². The molecule has 2 aromatic rings. The van der Waals surface area contributed by atoms with Crippen LogP contribution in [0.5, 0.6) is 0 Å². The highest BCUT2D eigenvalue weighted by Crippen LogP contribution is 2.07. The van der Waals surface area contributed by atoms with Crippen molar-refractivity contribution in [2.75, 3.05) is 6.61 Å². The number of hydrogen-bond donors (Lipinski definition) is 0. The molecule has 8 heteroatoms. The van der Waals surface area contributed by atoms with E-state index >= 15 is 0 Å². The summed E-state index contributed by atoms with van der Waals surface area (Å²) in [6.45, 7) is 5.91. The van der Waals surface area contributed by atoms with Crippen LogP contribution in [0.3, 0.4) is 0 Å². The van der Waals surface area contributed by atoms with Crippen molar-refractivity contribution < 1.29 is 9.53 Å². The molecule has 2 heterocycles. The van der Waals surface area contributed by atoms with Gasteiger partial charge < -0.3 is 4.74 Å². The number of rotatable bonds is 3. The number of aryl methyl sites for hydroxylation is 1. The minimum absolute atomic E-state index is 0.0618. The fraction of sp³-hybridized carbons (Fsp3) is 0.500. The predicted molar refractivity (Wildman–Crippen MR) is 72.0 cm³/mol. The maximum Gasteiger partial charge on any atom is 0.419 e. The maximum atomic E-state index is 12.3. The van der Waals surface area contributed by atoms with Gasteiger partial charge in [0.05, 0.1) is 6.61 Å². The first-order valence-electron chi connectivity index (χ1n) is 6.44. The minimum Gasteiger partial charge on any atom is -0.449 e. The van der Waals surface area contributed by atoms with Gasteiger partial charge >= 0.3 is 11.8 Å². The summed E-state index contributed by atoms with van der Waals surface area (Å²) in [6.07, 6.45) is 0.520. The molecule has 8 nitrogen and oxygen atoms in total. The summed E-state index contributed by atoms with van der Waals surface area (Å²) in [7, 11) is 0. The van der Waals surface area contributed by atoms with Crippen molar-refractivity contribution in [1.82, 2.24) is 18.7 Å². The van der Waals surface area contributed by atoms with Gasteiger partial charge in [0.25, 0.3) is 5.56 Å². The average Bonchev–Trinajstić information content (AvgIpc) is 2.85. The molecule has 108 valence electrons. The molecular formula is C12H16N4O4. The topological polar surface area (TPSA) is 88.1 Å². The molecule has 0 N–H and O–H groups in total. The number of imidazole rings is 1. The summed E-state index contributed by atoms with van der Waals surface area (Å²) in [5, 5.41) is 0. The van der Waals surface area contributed by atoms with Gasteiger partial charge in [-0.3, -0.25) is 13.9 Å². The van der Waals surface area contributed by atoms with E-state index in [1.165, 1.54) is 10.9 Å². The quantitative estimate of drug-likeness (QED) is 0.812. The summed E-state index contributed by atoms with van der Waals surface area (Å²) >= 11 is 0. The van der Waals surface area contributed by atoms with Crippen LogP contribution in [0.4, 0.5) is 4.79 Å². The summed E-state index contributed by atoms with van der Waals surface area (Å²) < 4.78 is 8.35. The summed E-state index contributed by atoms with van der Waals surface area (Å²) in [5.41, 5.74) is -0.712. The highest BCUT2D eigenvalue weighted by Gasteiger charge is 2.20. The molecule has 0 fully saturated rings. The SMILES string of the molecule is CCOC(=O)n1cnc2c1c(=O)n(CC)c(=O)n2CC. The largest absolute Gasteiger partial charge is 0.449 e. The van der Waals surface area contributed by atoms with E-state index in [1.807, 2.05) is 0 Å². The fourth-order valence-corrected chi connectivity index (χ4v) is 2.08. The lowest BCUT2D eigenvalue weighted by atomic mass is 10.4. The molecule has 0 saturated carbocycles. The number of ether oxygens (including phenoxy) is 1. The van der Waals surface area contributed by atoms with Crippen LogP contribution < -0.4 is 11.2 Å². The first-order valence-corrected chi connectivity index (χ1v) is 6.44. The predicted octanol–water partition coefficient (Wildman–Crippen LogP) is 0.404. The lowest BCUT2D eigenvalue weighted by Crippen LogP contribution is -2.40. The smallest absolute Gasteiger partial charge is 0.419 e. The Morgan fingerprint density at radius 2 is 1.85 bits per heavy atom. The molecule has 0 atom stereocenters. The van der Waals surface area contributed by atoms with E-state index < -0.39 is 17.3 Å². The van der Waals surface area contributed by atoms with Crippen molar-refractivity contribution >= 4 is 17.3 Å². The van der Waals surface area contributed by atoms with Crippen LogP contribution in [0.25, 0.3) is 11.2 Å². The van der Waals surface area contributed by atoms with E-state index in [0.29, 0.717) is 6.54 Å². The van der Waals surface area contributed by atoms with Crippen LogP contribution in [0.1, 0.15) is 20.8 Å². The molecule has 20 heavy (non-hydrogen) atoms. The second-order valence-corrected chi connectivity index (χ2v) is 4.06. The normalized spacial score (nSPS) is 10.9. The van der Waals surface area contributed by atoms with Crippen molar-refractivity contribution in [2.45, 2.75) is 33.9 Å². The van der Waals surface area contributed by atoms with Gasteiger partial charge in [-0.1, -0.05) is 0 Å². The Kier molecular flexibility index (Phi) is 3.73. The number of hydrogen-bond acceptors (Lipinski definition) is 5. The molecule has 0 saturated heterocycles. The Bertz CT molecular complexity index is 768. The number of aromatic nitrogens is 4. The molecule has 0 spiro atoms. The molecule has 0 amide bonds. The van der Waals surface area contributed by atoms with Crippen LogP contribution in [0.15, 0.2) is 15.9 Å². The Labute approximate surface area is 114 Å². The summed E-state index contributed by atoms with van der Waals surface area (Å²) in [6, 6.07) is 0. The molecule has 0 radical (unpaired) electrons. The van der Waals surface area contributed by atoms with Gasteiger partial charge in [-0.05, 0) is 20.8 Å². The minimum atomic E-state index is -0.684. The molecule has 0 unspecified atom stereocenters. The molecule has 0 aliphatic carbocycles. The molecule has 0 bridgehead atoms. The highest BCUT2D eigenvalue weighted by atomic mass is 16.5. The highest BCUT2D eigenvalue weighted by molar-refractivity contribution is 5.84. The van der Waals surface area contributed by atoms with Crippen molar-refractivity contribution in [2.24, 2.45) is 0 Å². The van der Waals surface area contributed by atoms with Crippen LogP contribution in [0, 0.1) is 0 Å². The third-order valence-electron chi connectivity index (χ3n) is 3.01. The fourth-order valence-electron chi connectivity index (χ4n) is 2.08. The van der Waals surface area contributed by atoms with Crippen molar-refractivity contribution in [3.8, 4) is 0 Å². The van der Waals surface area contributed by atoms with Gasteiger partial charge in [-0.25, -0.2) is 19.1 Å². The van der Waals surface area contributed by atoms with Crippen molar-refractivity contribution in [3.05, 3.63) is 27.2 Å². The molecular weight excluding hydrogens is 264 g/mol. The third kappa shape index (κ3) is 1.93. The second kappa shape index (κ2) is 5.32. The van der Waals surface area contributed by atoms with Crippen molar-refractivity contribution in [1.29, 1.82) is 0 Å². The van der Waals surface area contributed by atoms with Gasteiger partial charge in [0.1, 0.15) is 6.33 Å². The lowest BCUT2D eigenvalue weighted by molar-refractivity contribution is 0.155. The van der Waals surface area contributed by atoms with Crippen LogP contribution >= 0.6 is 0 Å². The zero-order valence-corrected chi connectivity index (χ0v) is 11.6. The summed E-state index contributed by atoms with van der Waals surface area (Å²) in [5.74, 6) is 0. The van der Waals surface area contributed by atoms with E-state index in [2.05, 4.69) is 4.98 Å². The Morgan fingerprint density at radius 3 is 2.40 bits per heavy atom. The molecule has 0 aromatic carbocycles. The van der Waals surface area contributed by atoms with E-state index in [1.54, 1.807) is 20.8 Å². The lowest BCUT2D eigenvalue weighted by Gasteiger charge is -2.09. The Balaban J connectivity index is 2.88. The zero-order valence-electron chi connectivity index (χ0n) is 11.6. The third-order valence-corrected chi connectivity index (χ3v) is 3.01. The summed E-state index contributed by atoms with van der Waals surface area (Å²) in [4.78, 5) is 40.3. The standard InChI is InChI=1S/C12H16N4O4/c1-4-14-9-8(10(17)15(5-2)11(14)18)16(7-13-9)12(19)20-6-3/h7H,4-6H2,1-3H3. The molecule has 2 rings (SSSR count). The number of fused-ring (bicyclic) bond motifs is 1. The van der Waals surface area contributed by atoms with E-state index in [4.69, 9.17) is 4.74 Å². The second-order valence-electron chi connectivity index (χ2n) is 4.06. The molecule has 2 aromatic heterocycles. The van der Waals surface area contributed by atoms with Gasteiger partial charge in [0.2, 0.25) is 0 Å². The zero-order chi connectivity index (χ0) is 14.9. The number of carbonyl (C=O) groups excluding carboxylic acids is 1. The van der Waals surface area contributed by atoms with Crippen LogP contribution in [0.2, 0.25) is 0 Å². The molecule has 0 aliphatic heterocycles.